The number of carbonyl (C=O) groups excluding carboxylic acids is 2. The summed E-state index contributed by atoms with van der Waals surface area (Å²) in [6.45, 7) is 0.255. The molecule has 22 heavy (non-hydrogen) atoms. The molecule has 4 nitrogen and oxygen atoms in total. The van der Waals surface area contributed by atoms with Crippen molar-refractivity contribution in [1.82, 2.24) is 4.90 Å². The number of imide groups is 1. The summed E-state index contributed by atoms with van der Waals surface area (Å²) in [5.74, 6) is -0.690. The summed E-state index contributed by atoms with van der Waals surface area (Å²) in [5, 5.41) is -0.932. The summed E-state index contributed by atoms with van der Waals surface area (Å²) in [6, 6.07) is 9.58. The average Bonchev–Trinajstić information content (AvgIpc) is 2.75. The first-order valence-corrected chi connectivity index (χ1v) is 8.22. The fourth-order valence-electron chi connectivity index (χ4n) is 3.04. The van der Waals surface area contributed by atoms with Crippen LogP contribution in [0.15, 0.2) is 35.3 Å². The molecule has 1 aliphatic carbocycles. The van der Waals surface area contributed by atoms with Crippen molar-refractivity contribution in [2.75, 3.05) is 0 Å². The molecule has 1 saturated heterocycles. The predicted molar refractivity (Wildman–Crippen MR) is 85.9 cm³/mol. The van der Waals surface area contributed by atoms with E-state index in [9.17, 15) is 9.59 Å². The zero-order valence-corrected chi connectivity index (χ0v) is 13.1. The number of alkyl halides is 1. The lowest BCUT2D eigenvalue weighted by Gasteiger charge is -2.18. The van der Waals surface area contributed by atoms with Crippen LogP contribution in [-0.2, 0) is 16.1 Å². The third-order valence-electron chi connectivity index (χ3n) is 4.27. The van der Waals surface area contributed by atoms with Gasteiger partial charge in [-0.25, -0.2) is 0 Å². The minimum absolute atomic E-state index is 0.137. The number of hydrogen-bond acceptors (Lipinski definition) is 3. The second kappa shape index (κ2) is 6.61. The maximum atomic E-state index is 12.5. The Bertz CT molecular complexity index is 594. The van der Waals surface area contributed by atoms with Crippen LogP contribution in [0.3, 0.4) is 0 Å². The molecule has 5 heteroatoms. The third kappa shape index (κ3) is 3.07. The molecule has 2 fully saturated rings. The molecule has 0 spiro atoms. The fraction of sp³-hybridized carbons (Fsp3) is 0.471. The molecule has 2 aliphatic rings. The molecular formula is C17H19ClN2O2. The Labute approximate surface area is 135 Å². The van der Waals surface area contributed by atoms with Crippen LogP contribution in [0.1, 0.15) is 37.7 Å². The van der Waals surface area contributed by atoms with Crippen LogP contribution in [0.4, 0.5) is 0 Å². The molecule has 0 aromatic heterocycles. The van der Waals surface area contributed by atoms with E-state index in [1.807, 2.05) is 30.3 Å². The highest BCUT2D eigenvalue weighted by molar-refractivity contribution is 6.63. The second-order valence-electron chi connectivity index (χ2n) is 5.88. The van der Waals surface area contributed by atoms with Crippen LogP contribution >= 0.6 is 11.6 Å². The molecule has 2 amide bonds. The lowest BCUT2D eigenvalue weighted by molar-refractivity contribution is -0.137. The van der Waals surface area contributed by atoms with Crippen molar-refractivity contribution in [3.05, 3.63) is 35.9 Å². The van der Waals surface area contributed by atoms with E-state index < -0.39 is 5.38 Å². The van der Waals surface area contributed by atoms with E-state index in [4.69, 9.17) is 11.6 Å². The Balaban J connectivity index is 1.78. The molecule has 1 heterocycles. The van der Waals surface area contributed by atoms with Crippen molar-refractivity contribution in [3.63, 3.8) is 0 Å². The molecular weight excluding hydrogens is 300 g/mol. The van der Waals surface area contributed by atoms with E-state index in [1.54, 1.807) is 0 Å². The molecule has 1 aromatic carbocycles. The zero-order chi connectivity index (χ0) is 15.5. The topological polar surface area (TPSA) is 49.7 Å². The quantitative estimate of drug-likeness (QED) is 0.635. The predicted octanol–water partition coefficient (Wildman–Crippen LogP) is 2.94. The van der Waals surface area contributed by atoms with Crippen LogP contribution < -0.4 is 0 Å². The first-order valence-electron chi connectivity index (χ1n) is 7.78. The molecule has 0 bridgehead atoms. The third-order valence-corrected chi connectivity index (χ3v) is 4.66. The number of nitrogens with zero attached hydrogens (tertiary/aromatic N) is 2. The number of amides is 2. The van der Waals surface area contributed by atoms with Crippen LogP contribution in [0.25, 0.3) is 0 Å². The van der Waals surface area contributed by atoms with Gasteiger partial charge in [0.1, 0.15) is 5.71 Å². The van der Waals surface area contributed by atoms with Gasteiger partial charge >= 0.3 is 0 Å². The Hall–Kier alpha value is -1.68. The standard InChI is InChI=1S/C17H19ClN2O2/c18-14-15(19-13-9-5-2-6-10-13)17(22)20(16(14)21)11-12-7-3-1-4-8-12/h1,3-4,7-8,13-14H,2,5-6,9-11H2. The number of rotatable bonds is 3. The van der Waals surface area contributed by atoms with Gasteiger partial charge in [-0.3, -0.25) is 19.5 Å². The first kappa shape index (κ1) is 15.2. The van der Waals surface area contributed by atoms with E-state index in [-0.39, 0.29) is 30.1 Å². The van der Waals surface area contributed by atoms with Gasteiger partial charge < -0.3 is 0 Å². The van der Waals surface area contributed by atoms with Crippen molar-refractivity contribution in [2.45, 2.75) is 50.1 Å². The fourth-order valence-corrected chi connectivity index (χ4v) is 3.31. The van der Waals surface area contributed by atoms with Gasteiger partial charge in [0, 0.05) is 0 Å². The van der Waals surface area contributed by atoms with E-state index >= 15 is 0 Å². The number of aliphatic imine (C=N–C) groups is 1. The molecule has 0 radical (unpaired) electrons. The number of benzene rings is 1. The summed E-state index contributed by atoms with van der Waals surface area (Å²) in [4.78, 5) is 30.5. The maximum Gasteiger partial charge on any atom is 0.276 e. The Morgan fingerprint density at radius 3 is 2.45 bits per heavy atom. The monoisotopic (exact) mass is 318 g/mol. The molecule has 3 rings (SSSR count). The number of hydrogen-bond donors (Lipinski definition) is 0. The van der Waals surface area contributed by atoms with Crippen LogP contribution in [0.2, 0.25) is 0 Å². The molecule has 1 aliphatic heterocycles. The molecule has 1 aromatic rings. The zero-order valence-electron chi connectivity index (χ0n) is 12.4. The average molecular weight is 319 g/mol. The Morgan fingerprint density at radius 1 is 1.09 bits per heavy atom. The van der Waals surface area contributed by atoms with E-state index in [2.05, 4.69) is 4.99 Å². The van der Waals surface area contributed by atoms with E-state index in [0.717, 1.165) is 31.2 Å². The van der Waals surface area contributed by atoms with E-state index in [0.29, 0.717) is 0 Å². The van der Waals surface area contributed by atoms with Gasteiger partial charge in [-0.1, -0.05) is 49.6 Å². The van der Waals surface area contributed by atoms with Gasteiger partial charge in [-0.05, 0) is 18.4 Å². The van der Waals surface area contributed by atoms with Crippen LogP contribution in [0, 0.1) is 0 Å². The van der Waals surface area contributed by atoms with E-state index in [1.165, 1.54) is 11.3 Å². The molecule has 1 saturated carbocycles. The summed E-state index contributed by atoms with van der Waals surface area (Å²) in [5.41, 5.74) is 1.14. The highest BCUT2D eigenvalue weighted by Crippen LogP contribution is 2.24. The van der Waals surface area contributed by atoms with Gasteiger partial charge in [0.05, 0.1) is 12.6 Å². The van der Waals surface area contributed by atoms with Gasteiger partial charge in [-0.2, -0.15) is 0 Å². The highest BCUT2D eigenvalue weighted by atomic mass is 35.5. The van der Waals surface area contributed by atoms with Crippen molar-refractivity contribution < 1.29 is 9.59 Å². The first-order chi connectivity index (χ1) is 10.7. The highest BCUT2D eigenvalue weighted by Gasteiger charge is 2.44. The maximum absolute atomic E-state index is 12.5. The smallest absolute Gasteiger partial charge is 0.276 e. The minimum Gasteiger partial charge on any atom is -0.279 e. The van der Waals surface area contributed by atoms with Crippen molar-refractivity contribution >= 4 is 29.1 Å². The van der Waals surface area contributed by atoms with Gasteiger partial charge in [-0.15, -0.1) is 11.6 Å². The Morgan fingerprint density at radius 2 is 1.77 bits per heavy atom. The lowest BCUT2D eigenvalue weighted by atomic mass is 9.96. The number of halogens is 1. The normalized spacial score (nSPS) is 25.2. The summed E-state index contributed by atoms with van der Waals surface area (Å²) < 4.78 is 0. The Kier molecular flexibility index (Phi) is 4.57. The van der Waals surface area contributed by atoms with Crippen molar-refractivity contribution in [1.29, 1.82) is 0 Å². The summed E-state index contributed by atoms with van der Waals surface area (Å²) in [6.07, 6.45) is 5.44. The molecule has 1 atom stereocenters. The largest absolute Gasteiger partial charge is 0.279 e. The second-order valence-corrected chi connectivity index (χ2v) is 6.32. The minimum atomic E-state index is -0.932. The SMILES string of the molecule is O=C1C(=NC2CCCCC2)C(Cl)C(=O)N1Cc1ccccc1. The van der Waals surface area contributed by atoms with Crippen LogP contribution in [-0.4, -0.2) is 33.8 Å². The summed E-state index contributed by atoms with van der Waals surface area (Å²) in [7, 11) is 0. The van der Waals surface area contributed by atoms with Gasteiger partial charge in [0.25, 0.3) is 11.8 Å². The lowest BCUT2D eigenvalue weighted by Crippen LogP contribution is -2.30. The number of carbonyl (C=O) groups is 2. The van der Waals surface area contributed by atoms with Crippen molar-refractivity contribution in [3.8, 4) is 0 Å². The number of likely N-dealkylation sites (tertiary alicyclic amines) is 1. The van der Waals surface area contributed by atoms with Crippen LogP contribution in [0.5, 0.6) is 0 Å². The molecule has 116 valence electrons. The molecule has 1 unspecified atom stereocenters. The van der Waals surface area contributed by atoms with Gasteiger partial charge in [0.15, 0.2) is 5.38 Å². The van der Waals surface area contributed by atoms with Gasteiger partial charge in [0.2, 0.25) is 0 Å². The summed E-state index contributed by atoms with van der Waals surface area (Å²) >= 11 is 6.16. The molecule has 0 N–H and O–H groups in total. The van der Waals surface area contributed by atoms with Crippen molar-refractivity contribution in [2.24, 2.45) is 4.99 Å².